The van der Waals surface area contributed by atoms with Gasteiger partial charge in [0.05, 0.1) is 7.11 Å². The maximum Gasteiger partial charge on any atom is 0.697 e. The normalized spacial score (nSPS) is 11.2. The number of rotatable bonds is 4. The summed E-state index contributed by atoms with van der Waals surface area (Å²) in [6.45, 7) is 0.323. The molecule has 0 N–H and O–H groups in total. The highest BCUT2D eigenvalue weighted by Crippen LogP contribution is 2.23. The third-order valence-corrected chi connectivity index (χ3v) is 1.97. The van der Waals surface area contributed by atoms with Crippen molar-refractivity contribution in [2.45, 2.75) is 6.61 Å². The summed E-state index contributed by atoms with van der Waals surface area (Å²) in [4.78, 5) is 0. The summed E-state index contributed by atoms with van der Waals surface area (Å²) in [6, 6.07) is 9.52. The second-order valence-corrected chi connectivity index (χ2v) is 3.24. The molecule has 0 aliphatic heterocycles. The van der Waals surface area contributed by atoms with Crippen LogP contribution in [0.15, 0.2) is 30.3 Å². The summed E-state index contributed by atoms with van der Waals surface area (Å²) >= 11 is 0. The molecule has 1 aromatic rings. The Labute approximate surface area is 72.3 Å². The number of benzene rings is 1. The Morgan fingerprint density at radius 2 is 2.00 bits per heavy atom. The van der Waals surface area contributed by atoms with Crippen LogP contribution in [0.25, 0.3) is 0 Å². The van der Waals surface area contributed by atoms with E-state index in [9.17, 15) is 4.57 Å². The van der Waals surface area contributed by atoms with Gasteiger partial charge in [-0.1, -0.05) is 30.3 Å². The molecule has 0 radical (unpaired) electrons. The van der Waals surface area contributed by atoms with E-state index in [0.29, 0.717) is 6.61 Å². The first-order valence-corrected chi connectivity index (χ1v) is 4.60. The van der Waals surface area contributed by atoms with Gasteiger partial charge < -0.3 is 0 Å². The lowest BCUT2D eigenvalue weighted by Crippen LogP contribution is -1.84. The van der Waals surface area contributed by atoms with Crippen molar-refractivity contribution in [2.24, 2.45) is 0 Å². The highest BCUT2D eigenvalue weighted by molar-refractivity contribution is 7.33. The first-order chi connectivity index (χ1) is 5.83. The standard InChI is InChI=1S/C8H10O3P/c1-10-12(9)11-7-8-5-3-2-4-6-8/h2-6H,7H2,1H3/q+1. The fourth-order valence-corrected chi connectivity index (χ4v) is 1.11. The molecule has 0 amide bonds. The van der Waals surface area contributed by atoms with Gasteiger partial charge in [0, 0.05) is 4.57 Å². The maximum atomic E-state index is 10.7. The van der Waals surface area contributed by atoms with Crippen LogP contribution in [0.2, 0.25) is 0 Å². The zero-order chi connectivity index (χ0) is 8.81. The summed E-state index contributed by atoms with van der Waals surface area (Å²) in [5.74, 6) is 0. The van der Waals surface area contributed by atoms with Crippen LogP contribution in [0.1, 0.15) is 5.56 Å². The molecule has 1 unspecified atom stereocenters. The summed E-state index contributed by atoms with van der Waals surface area (Å²) in [5.41, 5.74) is 0.984. The van der Waals surface area contributed by atoms with Gasteiger partial charge in [-0.05, 0) is 5.56 Å². The molecule has 0 aliphatic carbocycles. The summed E-state index contributed by atoms with van der Waals surface area (Å²) in [7, 11) is -0.601. The van der Waals surface area contributed by atoms with E-state index in [1.165, 1.54) is 7.11 Å². The maximum absolute atomic E-state index is 10.7. The van der Waals surface area contributed by atoms with Crippen molar-refractivity contribution in [1.29, 1.82) is 0 Å². The molecule has 1 aromatic carbocycles. The fourth-order valence-electron chi connectivity index (χ4n) is 0.754. The highest BCUT2D eigenvalue weighted by Gasteiger charge is 2.16. The molecule has 0 aliphatic rings. The predicted octanol–water partition coefficient (Wildman–Crippen LogP) is 2.51. The Morgan fingerprint density at radius 1 is 1.33 bits per heavy atom. The predicted molar refractivity (Wildman–Crippen MR) is 45.8 cm³/mol. The Kier molecular flexibility index (Phi) is 3.88. The Balaban J connectivity index is 2.38. The van der Waals surface area contributed by atoms with Crippen LogP contribution in [-0.2, 0) is 20.2 Å². The lowest BCUT2D eigenvalue weighted by molar-refractivity contribution is 0.248. The summed E-state index contributed by atoms with van der Waals surface area (Å²) < 4.78 is 20.0. The second-order valence-electron chi connectivity index (χ2n) is 2.17. The van der Waals surface area contributed by atoms with Crippen LogP contribution >= 0.6 is 8.25 Å². The van der Waals surface area contributed by atoms with Gasteiger partial charge in [-0.25, -0.2) is 0 Å². The molecular formula is C8H10O3P+. The molecule has 4 heteroatoms. The van der Waals surface area contributed by atoms with E-state index in [-0.39, 0.29) is 0 Å². The molecule has 1 atom stereocenters. The van der Waals surface area contributed by atoms with Crippen LogP contribution < -0.4 is 0 Å². The quantitative estimate of drug-likeness (QED) is 0.676. The topological polar surface area (TPSA) is 35.5 Å². The highest BCUT2D eigenvalue weighted by atomic mass is 31.1. The Morgan fingerprint density at radius 3 is 2.58 bits per heavy atom. The van der Waals surface area contributed by atoms with E-state index >= 15 is 0 Å². The molecular weight excluding hydrogens is 175 g/mol. The van der Waals surface area contributed by atoms with E-state index in [4.69, 9.17) is 4.52 Å². The smallest absolute Gasteiger partial charge is 0.122 e. The monoisotopic (exact) mass is 185 g/mol. The molecule has 0 bridgehead atoms. The van der Waals surface area contributed by atoms with E-state index in [1.54, 1.807) is 0 Å². The van der Waals surface area contributed by atoms with Gasteiger partial charge in [-0.3, -0.25) is 0 Å². The average Bonchev–Trinajstić information content (AvgIpc) is 2.16. The van der Waals surface area contributed by atoms with Crippen LogP contribution in [0.5, 0.6) is 0 Å². The molecule has 3 nitrogen and oxygen atoms in total. The van der Waals surface area contributed by atoms with Crippen molar-refractivity contribution in [3.63, 3.8) is 0 Å². The van der Waals surface area contributed by atoms with Crippen molar-refractivity contribution >= 4 is 8.25 Å². The molecule has 0 aromatic heterocycles. The third-order valence-electron chi connectivity index (χ3n) is 1.33. The molecule has 64 valence electrons. The van der Waals surface area contributed by atoms with Crippen molar-refractivity contribution < 1.29 is 13.6 Å². The minimum Gasteiger partial charge on any atom is -0.122 e. The van der Waals surface area contributed by atoms with E-state index in [2.05, 4.69) is 4.52 Å². The zero-order valence-electron chi connectivity index (χ0n) is 6.77. The van der Waals surface area contributed by atoms with Gasteiger partial charge in [0.15, 0.2) is 0 Å². The summed E-state index contributed by atoms with van der Waals surface area (Å²) in [5, 5.41) is 0. The molecule has 0 fully saturated rings. The first-order valence-electron chi connectivity index (χ1n) is 3.51. The largest absolute Gasteiger partial charge is 0.697 e. The van der Waals surface area contributed by atoms with Gasteiger partial charge in [0.25, 0.3) is 0 Å². The van der Waals surface area contributed by atoms with Crippen LogP contribution in [0.3, 0.4) is 0 Å². The van der Waals surface area contributed by atoms with Crippen molar-refractivity contribution in [3.05, 3.63) is 35.9 Å². The Hall–Kier alpha value is -0.760. The second kappa shape index (κ2) is 4.99. The Bertz CT molecular complexity index is 248. The van der Waals surface area contributed by atoms with Crippen LogP contribution in [-0.4, -0.2) is 7.11 Å². The van der Waals surface area contributed by atoms with Gasteiger partial charge in [0.1, 0.15) is 6.61 Å². The molecule has 0 saturated heterocycles. The fraction of sp³-hybridized carbons (Fsp3) is 0.250. The van der Waals surface area contributed by atoms with E-state index < -0.39 is 8.25 Å². The molecule has 1 rings (SSSR count). The minimum atomic E-state index is -1.95. The molecule has 12 heavy (non-hydrogen) atoms. The average molecular weight is 185 g/mol. The van der Waals surface area contributed by atoms with Crippen molar-refractivity contribution in [3.8, 4) is 0 Å². The lowest BCUT2D eigenvalue weighted by atomic mass is 10.2. The zero-order valence-corrected chi connectivity index (χ0v) is 7.66. The lowest BCUT2D eigenvalue weighted by Gasteiger charge is -1.91. The van der Waals surface area contributed by atoms with Gasteiger partial charge in [0.2, 0.25) is 0 Å². The van der Waals surface area contributed by atoms with Crippen molar-refractivity contribution in [2.75, 3.05) is 7.11 Å². The van der Waals surface area contributed by atoms with Gasteiger partial charge in [-0.15, -0.1) is 9.05 Å². The van der Waals surface area contributed by atoms with Crippen LogP contribution in [0.4, 0.5) is 0 Å². The number of hydrogen-bond acceptors (Lipinski definition) is 3. The molecule has 0 saturated carbocycles. The molecule has 0 heterocycles. The molecule has 0 spiro atoms. The van der Waals surface area contributed by atoms with Crippen LogP contribution in [0, 0.1) is 0 Å². The SMILES string of the molecule is CO[P+](=O)OCc1ccccc1. The van der Waals surface area contributed by atoms with Gasteiger partial charge in [-0.2, -0.15) is 0 Å². The van der Waals surface area contributed by atoms with E-state index in [1.807, 2.05) is 30.3 Å². The summed E-state index contributed by atoms with van der Waals surface area (Å²) in [6.07, 6.45) is 0. The minimum absolute atomic E-state index is 0.323. The first kappa shape index (κ1) is 9.33. The van der Waals surface area contributed by atoms with Crippen molar-refractivity contribution in [1.82, 2.24) is 0 Å². The number of hydrogen-bond donors (Lipinski definition) is 0. The van der Waals surface area contributed by atoms with Gasteiger partial charge >= 0.3 is 8.25 Å². The van der Waals surface area contributed by atoms with E-state index in [0.717, 1.165) is 5.56 Å². The third kappa shape index (κ3) is 3.09.